The van der Waals surface area contributed by atoms with Gasteiger partial charge in [0.05, 0.1) is 16.6 Å². The average molecular weight is 404 g/mol. The molecule has 1 aromatic carbocycles. The Kier molecular flexibility index (Phi) is 6.39. The predicted octanol–water partition coefficient (Wildman–Crippen LogP) is 3.67. The molecule has 1 aliphatic rings. The molecule has 3 rings (SSSR count). The molecule has 2 aromatic rings. The molecule has 1 unspecified atom stereocenters. The smallest absolute Gasteiger partial charge is 0.272 e. The topological polar surface area (TPSA) is 76.3 Å². The maximum atomic E-state index is 12.8. The van der Waals surface area contributed by atoms with E-state index in [1.54, 1.807) is 22.7 Å². The molecular weight excluding hydrogens is 382 g/mol. The van der Waals surface area contributed by atoms with E-state index in [9.17, 15) is 9.59 Å². The van der Waals surface area contributed by atoms with E-state index in [1.165, 1.54) is 0 Å². The Balaban J connectivity index is 1.68. The number of amides is 2. The number of thioether (sulfide) groups is 1. The van der Waals surface area contributed by atoms with Crippen LogP contribution >= 0.6 is 23.4 Å². The summed E-state index contributed by atoms with van der Waals surface area (Å²) in [6.45, 7) is 2.97. The van der Waals surface area contributed by atoms with Crippen LogP contribution in [0, 0.1) is 12.8 Å². The van der Waals surface area contributed by atoms with E-state index in [0.29, 0.717) is 24.5 Å². The molecule has 0 aliphatic carbocycles. The summed E-state index contributed by atoms with van der Waals surface area (Å²) in [6, 6.07) is 11.4. The number of carbonyl (C=O) groups is 2. The van der Waals surface area contributed by atoms with Gasteiger partial charge in [0.25, 0.3) is 5.91 Å². The van der Waals surface area contributed by atoms with E-state index < -0.39 is 0 Å². The van der Waals surface area contributed by atoms with Gasteiger partial charge in [0, 0.05) is 23.7 Å². The van der Waals surface area contributed by atoms with Crippen LogP contribution in [-0.4, -0.2) is 34.8 Å². The number of primary amides is 1. The number of halogens is 1. The van der Waals surface area contributed by atoms with E-state index in [1.807, 2.05) is 37.3 Å². The number of nitrogens with zero attached hydrogens (tertiary/aromatic N) is 2. The van der Waals surface area contributed by atoms with Gasteiger partial charge in [0.2, 0.25) is 5.91 Å². The molecule has 1 saturated heterocycles. The van der Waals surface area contributed by atoms with E-state index in [0.717, 1.165) is 34.0 Å². The molecule has 5 nitrogen and oxygen atoms in total. The fourth-order valence-electron chi connectivity index (χ4n) is 3.12. The number of rotatable bonds is 5. The summed E-state index contributed by atoms with van der Waals surface area (Å²) >= 11 is 7.94. The minimum Gasteiger partial charge on any atom is -0.369 e. The first-order valence-corrected chi connectivity index (χ1v) is 10.2. The molecule has 142 valence electrons. The standard InChI is InChI=1S/C20H22ClN3O2S/c1-13-5-2-9-17(18(13)21)27-12-15-7-3-8-16(23-15)20(26)24-10-4-6-14(11-24)19(22)25/h2-3,5,7-9,14H,4,6,10-12H2,1H3,(H2,22,25). The van der Waals surface area contributed by atoms with Gasteiger partial charge in [-0.05, 0) is 43.5 Å². The number of hydrogen-bond donors (Lipinski definition) is 1. The van der Waals surface area contributed by atoms with Gasteiger partial charge in [-0.2, -0.15) is 0 Å². The molecule has 1 aliphatic heterocycles. The van der Waals surface area contributed by atoms with Crippen LogP contribution in [0.15, 0.2) is 41.3 Å². The van der Waals surface area contributed by atoms with Crippen LogP contribution in [0.1, 0.15) is 34.6 Å². The molecule has 27 heavy (non-hydrogen) atoms. The Hall–Kier alpha value is -2.05. The van der Waals surface area contributed by atoms with Gasteiger partial charge in [-0.15, -0.1) is 11.8 Å². The van der Waals surface area contributed by atoms with Crippen molar-refractivity contribution in [1.29, 1.82) is 0 Å². The van der Waals surface area contributed by atoms with Crippen molar-refractivity contribution in [2.24, 2.45) is 11.7 Å². The number of carbonyl (C=O) groups excluding carboxylic acids is 2. The number of hydrogen-bond acceptors (Lipinski definition) is 4. The number of aryl methyl sites for hydroxylation is 1. The molecule has 7 heteroatoms. The molecule has 2 amide bonds. The number of aromatic nitrogens is 1. The van der Waals surface area contributed by atoms with Crippen LogP contribution in [0.5, 0.6) is 0 Å². The molecule has 1 aromatic heterocycles. The van der Waals surface area contributed by atoms with Crippen LogP contribution in [0.3, 0.4) is 0 Å². The summed E-state index contributed by atoms with van der Waals surface area (Å²) in [5.74, 6) is -0.152. The van der Waals surface area contributed by atoms with E-state index in [4.69, 9.17) is 17.3 Å². The molecular formula is C20H22ClN3O2S. The van der Waals surface area contributed by atoms with Crippen LogP contribution < -0.4 is 5.73 Å². The highest BCUT2D eigenvalue weighted by molar-refractivity contribution is 7.98. The monoisotopic (exact) mass is 403 g/mol. The van der Waals surface area contributed by atoms with E-state index >= 15 is 0 Å². The van der Waals surface area contributed by atoms with Gasteiger partial charge in [-0.3, -0.25) is 9.59 Å². The lowest BCUT2D eigenvalue weighted by Crippen LogP contribution is -2.44. The molecule has 0 spiro atoms. The van der Waals surface area contributed by atoms with Gasteiger partial charge in [-0.25, -0.2) is 4.98 Å². The van der Waals surface area contributed by atoms with Gasteiger partial charge in [0.15, 0.2) is 0 Å². The lowest BCUT2D eigenvalue weighted by Gasteiger charge is -2.31. The zero-order chi connectivity index (χ0) is 19.4. The van der Waals surface area contributed by atoms with Crippen molar-refractivity contribution >= 4 is 35.2 Å². The summed E-state index contributed by atoms with van der Waals surface area (Å²) < 4.78 is 0. The van der Waals surface area contributed by atoms with Crippen LogP contribution in [0.25, 0.3) is 0 Å². The fourth-order valence-corrected chi connectivity index (χ4v) is 4.33. The Morgan fingerprint density at radius 1 is 1.30 bits per heavy atom. The first-order chi connectivity index (χ1) is 13.0. The van der Waals surface area contributed by atoms with Crippen LogP contribution in [0.2, 0.25) is 5.02 Å². The summed E-state index contributed by atoms with van der Waals surface area (Å²) in [5, 5.41) is 0.751. The number of nitrogens with two attached hydrogens (primary N) is 1. The fraction of sp³-hybridized carbons (Fsp3) is 0.350. The van der Waals surface area contributed by atoms with Gasteiger partial charge >= 0.3 is 0 Å². The quantitative estimate of drug-likeness (QED) is 0.772. The summed E-state index contributed by atoms with van der Waals surface area (Å²) in [7, 11) is 0. The second-order valence-electron chi connectivity index (χ2n) is 6.68. The predicted molar refractivity (Wildman–Crippen MR) is 108 cm³/mol. The zero-order valence-electron chi connectivity index (χ0n) is 15.2. The second kappa shape index (κ2) is 8.76. The Morgan fingerprint density at radius 3 is 2.85 bits per heavy atom. The lowest BCUT2D eigenvalue weighted by atomic mass is 9.97. The number of benzene rings is 1. The van der Waals surface area contributed by atoms with Crippen molar-refractivity contribution in [3.05, 3.63) is 58.4 Å². The number of likely N-dealkylation sites (tertiary alicyclic amines) is 1. The van der Waals surface area contributed by atoms with Crippen molar-refractivity contribution in [3.8, 4) is 0 Å². The third-order valence-corrected chi connectivity index (χ3v) is 6.37. The first kappa shape index (κ1) is 19.7. The second-order valence-corrected chi connectivity index (χ2v) is 8.08. The Bertz CT molecular complexity index is 859. The van der Waals surface area contributed by atoms with Gasteiger partial charge in [-0.1, -0.05) is 29.8 Å². The van der Waals surface area contributed by atoms with Gasteiger partial charge < -0.3 is 10.6 Å². The molecule has 0 radical (unpaired) electrons. The van der Waals surface area contributed by atoms with Crippen molar-refractivity contribution in [3.63, 3.8) is 0 Å². The van der Waals surface area contributed by atoms with Crippen molar-refractivity contribution < 1.29 is 9.59 Å². The molecule has 1 fully saturated rings. The van der Waals surface area contributed by atoms with Crippen molar-refractivity contribution in [2.75, 3.05) is 13.1 Å². The number of piperidine rings is 1. The highest BCUT2D eigenvalue weighted by Crippen LogP contribution is 2.31. The SMILES string of the molecule is Cc1cccc(SCc2cccc(C(=O)N3CCCC(C(N)=O)C3)n2)c1Cl. The highest BCUT2D eigenvalue weighted by Gasteiger charge is 2.28. The summed E-state index contributed by atoms with van der Waals surface area (Å²) in [6.07, 6.45) is 1.52. The van der Waals surface area contributed by atoms with Crippen molar-refractivity contribution in [1.82, 2.24) is 9.88 Å². The van der Waals surface area contributed by atoms with E-state index in [-0.39, 0.29) is 17.7 Å². The lowest BCUT2D eigenvalue weighted by molar-refractivity contribution is -0.123. The third kappa shape index (κ3) is 4.82. The van der Waals surface area contributed by atoms with Crippen LogP contribution in [-0.2, 0) is 10.5 Å². The zero-order valence-corrected chi connectivity index (χ0v) is 16.7. The van der Waals surface area contributed by atoms with Crippen molar-refractivity contribution in [2.45, 2.75) is 30.4 Å². The molecule has 1 atom stereocenters. The molecule has 2 N–H and O–H groups in total. The minimum absolute atomic E-state index is 0.151. The minimum atomic E-state index is -0.347. The molecule has 0 bridgehead atoms. The summed E-state index contributed by atoms with van der Waals surface area (Å²) in [5.41, 5.74) is 7.65. The number of pyridine rings is 1. The maximum Gasteiger partial charge on any atom is 0.272 e. The third-order valence-electron chi connectivity index (χ3n) is 4.67. The summed E-state index contributed by atoms with van der Waals surface area (Å²) in [4.78, 5) is 31.4. The average Bonchev–Trinajstić information content (AvgIpc) is 2.69. The molecule has 2 heterocycles. The van der Waals surface area contributed by atoms with Crippen LogP contribution in [0.4, 0.5) is 0 Å². The Morgan fingerprint density at radius 2 is 2.07 bits per heavy atom. The largest absolute Gasteiger partial charge is 0.369 e. The normalized spacial score (nSPS) is 17.0. The molecule has 0 saturated carbocycles. The first-order valence-electron chi connectivity index (χ1n) is 8.88. The van der Waals surface area contributed by atoms with Gasteiger partial charge in [0.1, 0.15) is 5.69 Å². The Labute approximate surface area is 168 Å². The van der Waals surface area contributed by atoms with E-state index in [2.05, 4.69) is 4.98 Å². The highest BCUT2D eigenvalue weighted by atomic mass is 35.5. The maximum absolute atomic E-state index is 12.8.